The van der Waals surface area contributed by atoms with E-state index in [1.54, 1.807) is 27.0 Å². The Bertz CT molecular complexity index is 1160. The second kappa shape index (κ2) is 8.89. The van der Waals surface area contributed by atoms with Gasteiger partial charge in [-0.05, 0) is 69.0 Å². The van der Waals surface area contributed by atoms with Crippen LogP contribution in [0.15, 0.2) is 47.5 Å². The van der Waals surface area contributed by atoms with E-state index in [0.29, 0.717) is 11.2 Å². The molecule has 0 bridgehead atoms. The third-order valence-corrected chi connectivity index (χ3v) is 5.08. The lowest BCUT2D eigenvalue weighted by Crippen LogP contribution is -2.39. The number of carbonyl (C=O) groups is 1. The summed E-state index contributed by atoms with van der Waals surface area (Å²) < 4.78 is 6.85. The van der Waals surface area contributed by atoms with Crippen LogP contribution in [0.5, 0.6) is 0 Å². The Kier molecular flexibility index (Phi) is 6.45. The minimum Gasteiger partial charge on any atom is -0.444 e. The van der Waals surface area contributed by atoms with Gasteiger partial charge in [0.25, 0.3) is 5.56 Å². The number of aliphatic hydroxyl groups excluding tert-OH is 1. The number of amides is 1. The van der Waals surface area contributed by atoms with Gasteiger partial charge in [0.15, 0.2) is 0 Å². The Morgan fingerprint density at radius 1 is 1.23 bits per heavy atom. The predicted molar refractivity (Wildman–Crippen MR) is 120 cm³/mol. The number of nitrogens with zero attached hydrogens (tertiary/aromatic N) is 3. The minimum atomic E-state index is -0.675. The van der Waals surface area contributed by atoms with E-state index in [1.807, 2.05) is 24.3 Å². The quantitative estimate of drug-likeness (QED) is 0.676. The van der Waals surface area contributed by atoms with Crippen molar-refractivity contribution in [2.75, 3.05) is 13.2 Å². The first-order chi connectivity index (χ1) is 14.6. The molecule has 0 atom stereocenters. The van der Waals surface area contributed by atoms with E-state index in [9.17, 15) is 14.7 Å². The molecule has 1 N–H and O–H groups in total. The average Bonchev–Trinajstić information content (AvgIpc) is 2.70. The van der Waals surface area contributed by atoms with Gasteiger partial charge >= 0.3 is 6.09 Å². The van der Waals surface area contributed by atoms with E-state index < -0.39 is 11.7 Å². The lowest BCUT2D eigenvalue weighted by molar-refractivity contribution is 0.0200. The number of ether oxygens (including phenoxy) is 1. The summed E-state index contributed by atoms with van der Waals surface area (Å²) in [5.74, 6) is 0. The number of hydrogen-bond donors (Lipinski definition) is 1. The first-order valence-corrected chi connectivity index (χ1v) is 10.3. The van der Waals surface area contributed by atoms with Crippen molar-refractivity contribution in [1.29, 1.82) is 0 Å². The van der Waals surface area contributed by atoms with Crippen molar-refractivity contribution < 1.29 is 14.6 Å². The Labute approximate surface area is 181 Å². The topological polar surface area (TPSA) is 84.1 Å². The number of rotatable bonds is 5. The summed E-state index contributed by atoms with van der Waals surface area (Å²) in [6, 6.07) is 9.90. The molecule has 7 heteroatoms. The van der Waals surface area contributed by atoms with Gasteiger partial charge in [-0.1, -0.05) is 18.2 Å². The molecule has 0 aliphatic heterocycles. The van der Waals surface area contributed by atoms with Gasteiger partial charge in [0.2, 0.25) is 0 Å². The maximum atomic E-state index is 13.0. The Hall–Kier alpha value is -3.19. The molecule has 0 saturated carbocycles. The Morgan fingerprint density at radius 3 is 2.65 bits per heavy atom. The van der Waals surface area contributed by atoms with Crippen molar-refractivity contribution in [3.05, 3.63) is 69.8 Å². The van der Waals surface area contributed by atoms with Crippen LogP contribution in [0.2, 0.25) is 0 Å². The highest BCUT2D eigenvalue weighted by Crippen LogP contribution is 2.25. The summed E-state index contributed by atoms with van der Waals surface area (Å²) >= 11 is 0. The number of aliphatic hydroxyl groups is 1. The molecule has 31 heavy (non-hydrogen) atoms. The van der Waals surface area contributed by atoms with Crippen LogP contribution in [0.1, 0.15) is 37.5 Å². The molecule has 0 spiro atoms. The zero-order valence-corrected chi connectivity index (χ0v) is 18.7. The molecule has 7 nitrogen and oxygen atoms in total. The van der Waals surface area contributed by atoms with Crippen LogP contribution in [0.3, 0.4) is 0 Å². The van der Waals surface area contributed by atoms with Gasteiger partial charge in [0, 0.05) is 18.9 Å². The highest BCUT2D eigenvalue weighted by Gasteiger charge is 2.23. The molecular weight excluding hydrogens is 394 g/mol. The average molecular weight is 424 g/mol. The molecule has 0 aliphatic rings. The van der Waals surface area contributed by atoms with Crippen LogP contribution in [-0.2, 0) is 11.3 Å². The number of aromatic nitrogens is 2. The van der Waals surface area contributed by atoms with E-state index in [4.69, 9.17) is 4.74 Å². The van der Waals surface area contributed by atoms with Gasteiger partial charge in [-0.25, -0.2) is 9.78 Å². The molecule has 1 amide bonds. The molecule has 3 aromatic rings. The first kappa shape index (κ1) is 22.5. The van der Waals surface area contributed by atoms with Crippen LogP contribution in [0, 0.1) is 13.8 Å². The van der Waals surface area contributed by atoms with Crippen molar-refractivity contribution in [3.63, 3.8) is 0 Å². The summed E-state index contributed by atoms with van der Waals surface area (Å²) in [4.78, 5) is 31.2. The zero-order valence-electron chi connectivity index (χ0n) is 18.7. The molecule has 2 heterocycles. The number of fused-ring (bicyclic) bond motifs is 1. The zero-order chi connectivity index (χ0) is 22.8. The van der Waals surface area contributed by atoms with Crippen LogP contribution in [0.4, 0.5) is 4.79 Å². The summed E-state index contributed by atoms with van der Waals surface area (Å²) in [5.41, 5.74) is 4.40. The molecule has 1 aromatic carbocycles. The van der Waals surface area contributed by atoms with Gasteiger partial charge in [0.05, 0.1) is 18.7 Å². The SMILES string of the molecule is Cc1cccc(-c2ccn3c(=O)c(CN(CCO)C(=O)OC(C)(C)C)cnc3c2)c1C. The van der Waals surface area contributed by atoms with Gasteiger partial charge < -0.3 is 14.7 Å². The van der Waals surface area contributed by atoms with E-state index >= 15 is 0 Å². The standard InChI is InChI=1S/C24H29N3O4/c1-16-7-6-8-20(17(16)2)18-9-10-27-21(13-18)25-14-19(22(27)29)15-26(11-12-28)23(30)31-24(3,4)5/h6-10,13-14,28H,11-12,15H2,1-5H3. The fraction of sp³-hybridized carbons (Fsp3) is 0.375. The maximum Gasteiger partial charge on any atom is 0.410 e. The number of aryl methyl sites for hydroxylation is 1. The van der Waals surface area contributed by atoms with Crippen molar-refractivity contribution in [2.24, 2.45) is 0 Å². The normalized spacial score (nSPS) is 11.5. The number of pyridine rings is 1. The molecular formula is C24H29N3O4. The molecule has 0 radical (unpaired) electrons. The van der Waals surface area contributed by atoms with Crippen LogP contribution in [-0.4, -0.2) is 44.2 Å². The fourth-order valence-corrected chi connectivity index (χ4v) is 3.34. The molecule has 0 aliphatic carbocycles. The van der Waals surface area contributed by atoms with Crippen molar-refractivity contribution >= 4 is 11.7 Å². The predicted octanol–water partition coefficient (Wildman–Crippen LogP) is 3.71. The maximum absolute atomic E-state index is 13.0. The summed E-state index contributed by atoms with van der Waals surface area (Å²) in [6.07, 6.45) is 2.60. The summed E-state index contributed by atoms with van der Waals surface area (Å²) in [7, 11) is 0. The van der Waals surface area contributed by atoms with Crippen molar-refractivity contribution in [1.82, 2.24) is 14.3 Å². The van der Waals surface area contributed by atoms with Crippen LogP contribution in [0.25, 0.3) is 16.8 Å². The third kappa shape index (κ3) is 5.11. The third-order valence-electron chi connectivity index (χ3n) is 5.08. The molecule has 2 aromatic heterocycles. The van der Waals surface area contributed by atoms with Gasteiger partial charge in [-0.2, -0.15) is 0 Å². The molecule has 3 rings (SSSR count). The Balaban J connectivity index is 1.94. The van der Waals surface area contributed by atoms with Crippen LogP contribution >= 0.6 is 0 Å². The highest BCUT2D eigenvalue weighted by molar-refractivity contribution is 5.71. The smallest absolute Gasteiger partial charge is 0.410 e. The second-order valence-corrected chi connectivity index (χ2v) is 8.61. The lowest BCUT2D eigenvalue weighted by atomic mass is 9.98. The highest BCUT2D eigenvalue weighted by atomic mass is 16.6. The monoisotopic (exact) mass is 423 g/mol. The van der Waals surface area contributed by atoms with E-state index in [0.717, 1.165) is 11.1 Å². The Morgan fingerprint density at radius 2 is 1.97 bits per heavy atom. The molecule has 0 fully saturated rings. The van der Waals surface area contributed by atoms with Crippen molar-refractivity contribution in [2.45, 2.75) is 46.8 Å². The lowest BCUT2D eigenvalue weighted by Gasteiger charge is -2.26. The largest absolute Gasteiger partial charge is 0.444 e. The van der Waals surface area contributed by atoms with Gasteiger partial charge in [0.1, 0.15) is 11.2 Å². The molecule has 0 unspecified atom stereocenters. The summed E-state index contributed by atoms with van der Waals surface area (Å²) in [5, 5.41) is 9.34. The summed E-state index contributed by atoms with van der Waals surface area (Å²) in [6.45, 7) is 9.26. The van der Waals surface area contributed by atoms with Gasteiger partial charge in [-0.3, -0.25) is 9.20 Å². The van der Waals surface area contributed by atoms with E-state index in [2.05, 4.69) is 24.9 Å². The fourth-order valence-electron chi connectivity index (χ4n) is 3.34. The molecule has 164 valence electrons. The number of hydrogen-bond acceptors (Lipinski definition) is 5. The minimum absolute atomic E-state index is 0.00296. The number of benzene rings is 1. The second-order valence-electron chi connectivity index (χ2n) is 8.61. The van der Waals surface area contributed by atoms with Crippen LogP contribution < -0.4 is 5.56 Å². The van der Waals surface area contributed by atoms with Crippen molar-refractivity contribution in [3.8, 4) is 11.1 Å². The first-order valence-electron chi connectivity index (χ1n) is 10.3. The molecule has 0 saturated heterocycles. The van der Waals surface area contributed by atoms with E-state index in [-0.39, 0.29) is 25.3 Å². The van der Waals surface area contributed by atoms with E-state index in [1.165, 1.54) is 26.6 Å². The number of carbonyl (C=O) groups excluding carboxylic acids is 1. The van der Waals surface area contributed by atoms with Gasteiger partial charge in [-0.15, -0.1) is 0 Å².